The first-order valence-electron chi connectivity index (χ1n) is 16.4. The van der Waals surface area contributed by atoms with Crippen LogP contribution in [-0.2, 0) is 0 Å². The molecule has 1 heterocycles. The van der Waals surface area contributed by atoms with Crippen LogP contribution in [0.15, 0.2) is 176 Å². The number of fused-ring (bicyclic) bond motifs is 9. The van der Waals surface area contributed by atoms with Crippen molar-refractivity contribution in [2.45, 2.75) is 0 Å². The normalized spacial score (nSPS) is 11.8. The van der Waals surface area contributed by atoms with Gasteiger partial charge in [0.25, 0.3) is 0 Å². The van der Waals surface area contributed by atoms with Crippen LogP contribution in [-0.4, -0.2) is 0 Å². The van der Waals surface area contributed by atoms with E-state index in [1.165, 1.54) is 85.8 Å². The summed E-state index contributed by atoms with van der Waals surface area (Å²) in [5.41, 5.74) is 5.96. The molecule has 48 heavy (non-hydrogen) atoms. The second-order valence-corrected chi connectivity index (χ2v) is 13.6. The minimum absolute atomic E-state index is 1.13. The highest BCUT2D eigenvalue weighted by molar-refractivity contribution is 7.26. The molecule has 0 N–H and O–H groups in total. The third kappa shape index (κ3) is 4.17. The van der Waals surface area contributed by atoms with Crippen LogP contribution in [0.3, 0.4) is 0 Å². The molecule has 0 radical (unpaired) electrons. The number of rotatable bonds is 4. The first-order chi connectivity index (χ1) is 23.8. The molecule has 0 aliphatic heterocycles. The van der Waals surface area contributed by atoms with Gasteiger partial charge in [0.2, 0.25) is 0 Å². The molecule has 0 spiro atoms. The van der Waals surface area contributed by atoms with E-state index in [0.29, 0.717) is 0 Å². The molecule has 0 unspecified atom stereocenters. The molecule has 10 aromatic rings. The molecule has 2 heteroatoms. The second-order valence-electron chi connectivity index (χ2n) is 12.5. The number of benzene rings is 9. The smallest absolute Gasteiger partial charge is 0.0555 e. The lowest BCUT2D eigenvalue weighted by atomic mass is 9.94. The van der Waals surface area contributed by atoms with Crippen molar-refractivity contribution in [1.82, 2.24) is 0 Å². The number of anilines is 3. The van der Waals surface area contributed by atoms with Crippen molar-refractivity contribution in [3.8, 4) is 11.1 Å². The molecule has 10 rings (SSSR count). The van der Waals surface area contributed by atoms with Gasteiger partial charge < -0.3 is 4.90 Å². The van der Waals surface area contributed by atoms with Crippen molar-refractivity contribution in [2.75, 3.05) is 4.90 Å². The van der Waals surface area contributed by atoms with E-state index in [0.717, 1.165) is 5.69 Å². The van der Waals surface area contributed by atoms with Gasteiger partial charge in [-0.3, -0.25) is 0 Å². The zero-order chi connectivity index (χ0) is 31.6. The zero-order valence-electron chi connectivity index (χ0n) is 26.1. The van der Waals surface area contributed by atoms with Crippen LogP contribution in [0.1, 0.15) is 0 Å². The van der Waals surface area contributed by atoms with Crippen molar-refractivity contribution in [3.63, 3.8) is 0 Å². The van der Waals surface area contributed by atoms with Gasteiger partial charge >= 0.3 is 0 Å². The number of nitrogens with zero attached hydrogens (tertiary/aromatic N) is 1. The summed E-state index contributed by atoms with van der Waals surface area (Å²) in [5, 5.41) is 12.7. The van der Waals surface area contributed by atoms with Gasteiger partial charge in [-0.25, -0.2) is 0 Å². The van der Waals surface area contributed by atoms with E-state index in [1.54, 1.807) is 0 Å². The standard InChI is InChI=1S/C46H29NS/c1-3-14-36-30(10-1)12-7-17-37(36)32-26-28-35(29-27-32)47(41-19-9-21-43-46(41)39-16-5-6-20-42(39)48-43)40-18-8-13-33-24-25-34-23-22-31-11-2-4-15-38(31)44(34)45(33)40/h1-29H. The van der Waals surface area contributed by atoms with Crippen LogP contribution in [0.2, 0.25) is 0 Å². The Morgan fingerprint density at radius 2 is 0.875 bits per heavy atom. The maximum Gasteiger partial charge on any atom is 0.0555 e. The van der Waals surface area contributed by atoms with Gasteiger partial charge in [-0.15, -0.1) is 11.3 Å². The fraction of sp³-hybridized carbons (Fsp3) is 0. The topological polar surface area (TPSA) is 3.24 Å². The molecule has 0 amide bonds. The fourth-order valence-electron chi connectivity index (χ4n) is 7.66. The summed E-state index contributed by atoms with van der Waals surface area (Å²) < 4.78 is 2.60. The number of hydrogen-bond acceptors (Lipinski definition) is 2. The van der Waals surface area contributed by atoms with Crippen LogP contribution in [0.4, 0.5) is 17.1 Å². The zero-order valence-corrected chi connectivity index (χ0v) is 26.9. The third-order valence-electron chi connectivity index (χ3n) is 9.82. The van der Waals surface area contributed by atoms with Crippen LogP contribution in [0.5, 0.6) is 0 Å². The maximum atomic E-state index is 2.50. The number of thiophene rings is 1. The first-order valence-corrected chi connectivity index (χ1v) is 17.3. The molecule has 0 atom stereocenters. The van der Waals surface area contributed by atoms with Crippen LogP contribution < -0.4 is 4.90 Å². The van der Waals surface area contributed by atoms with Gasteiger partial charge in [0.05, 0.1) is 11.4 Å². The van der Waals surface area contributed by atoms with Gasteiger partial charge in [-0.05, 0) is 85.2 Å². The quantitative estimate of drug-likeness (QED) is 0.176. The SMILES string of the molecule is c1ccc2c(-c3ccc(N(c4cccc5sc6ccccc6c45)c4cccc5ccc6ccc7ccccc7c6c45)cc3)cccc2c1. The molecular weight excluding hydrogens is 599 g/mol. The molecule has 0 aliphatic rings. The Morgan fingerprint density at radius 1 is 0.333 bits per heavy atom. The highest BCUT2D eigenvalue weighted by atomic mass is 32.1. The molecule has 0 fully saturated rings. The lowest BCUT2D eigenvalue weighted by molar-refractivity contribution is 1.32. The average molecular weight is 628 g/mol. The predicted molar refractivity (Wildman–Crippen MR) is 209 cm³/mol. The van der Waals surface area contributed by atoms with E-state index in [2.05, 4.69) is 181 Å². The summed E-state index contributed by atoms with van der Waals surface area (Å²) in [7, 11) is 0. The molecule has 0 saturated carbocycles. The minimum atomic E-state index is 1.13. The van der Waals surface area contributed by atoms with Crippen molar-refractivity contribution in [1.29, 1.82) is 0 Å². The Labute approximate surface area is 282 Å². The van der Waals surface area contributed by atoms with E-state index in [4.69, 9.17) is 0 Å². The number of hydrogen-bond donors (Lipinski definition) is 0. The second kappa shape index (κ2) is 10.8. The molecule has 0 bridgehead atoms. The Kier molecular flexibility index (Phi) is 6.12. The predicted octanol–water partition coefficient (Wildman–Crippen LogP) is 13.8. The minimum Gasteiger partial charge on any atom is -0.309 e. The summed E-state index contributed by atoms with van der Waals surface area (Å²) >= 11 is 1.87. The fourth-order valence-corrected chi connectivity index (χ4v) is 8.79. The summed E-state index contributed by atoms with van der Waals surface area (Å²) in [5.74, 6) is 0. The van der Waals surface area contributed by atoms with E-state index in [-0.39, 0.29) is 0 Å². The summed E-state index contributed by atoms with van der Waals surface area (Å²) in [6, 6.07) is 64.6. The van der Waals surface area contributed by atoms with Crippen molar-refractivity contribution in [2.24, 2.45) is 0 Å². The van der Waals surface area contributed by atoms with Crippen molar-refractivity contribution >= 4 is 91.7 Å². The van der Waals surface area contributed by atoms with Crippen molar-refractivity contribution in [3.05, 3.63) is 176 Å². The lowest BCUT2D eigenvalue weighted by Gasteiger charge is -2.28. The Bertz CT molecular complexity index is 2830. The molecule has 1 nitrogen and oxygen atoms in total. The van der Waals surface area contributed by atoms with Gasteiger partial charge in [-0.1, -0.05) is 140 Å². The van der Waals surface area contributed by atoms with Crippen LogP contribution >= 0.6 is 11.3 Å². The molecule has 224 valence electrons. The largest absolute Gasteiger partial charge is 0.309 e. The van der Waals surface area contributed by atoms with E-state index >= 15 is 0 Å². The molecule has 0 saturated heterocycles. The maximum absolute atomic E-state index is 2.50. The van der Waals surface area contributed by atoms with E-state index in [1.807, 2.05) is 11.3 Å². The Balaban J connectivity index is 1.29. The van der Waals surface area contributed by atoms with Gasteiger partial charge in [0.15, 0.2) is 0 Å². The molecule has 1 aromatic heterocycles. The highest BCUT2D eigenvalue weighted by Gasteiger charge is 2.21. The monoisotopic (exact) mass is 627 g/mol. The third-order valence-corrected chi connectivity index (χ3v) is 11.0. The Morgan fingerprint density at radius 3 is 1.69 bits per heavy atom. The van der Waals surface area contributed by atoms with E-state index < -0.39 is 0 Å². The molecule has 9 aromatic carbocycles. The average Bonchev–Trinajstić information content (AvgIpc) is 3.54. The summed E-state index contributed by atoms with van der Waals surface area (Å²) in [6.45, 7) is 0. The lowest BCUT2D eigenvalue weighted by Crippen LogP contribution is -2.11. The molecule has 0 aliphatic carbocycles. The van der Waals surface area contributed by atoms with Crippen LogP contribution in [0, 0.1) is 0 Å². The Hall–Kier alpha value is -5.96. The molecular formula is C46H29NS. The van der Waals surface area contributed by atoms with Gasteiger partial charge in [0, 0.05) is 31.2 Å². The first kappa shape index (κ1) is 27.2. The highest BCUT2D eigenvalue weighted by Crippen LogP contribution is 2.48. The van der Waals surface area contributed by atoms with Crippen molar-refractivity contribution < 1.29 is 0 Å². The van der Waals surface area contributed by atoms with Gasteiger partial charge in [-0.2, -0.15) is 0 Å². The van der Waals surface area contributed by atoms with E-state index in [9.17, 15) is 0 Å². The summed E-state index contributed by atoms with van der Waals surface area (Å²) in [4.78, 5) is 2.50. The van der Waals surface area contributed by atoms with Crippen LogP contribution in [0.25, 0.3) is 74.4 Å². The van der Waals surface area contributed by atoms with Gasteiger partial charge in [0.1, 0.15) is 0 Å². The summed E-state index contributed by atoms with van der Waals surface area (Å²) in [6.07, 6.45) is 0.